The highest BCUT2D eigenvalue weighted by Gasteiger charge is 2.21. The maximum atomic E-state index is 11.4. The van der Waals surface area contributed by atoms with Crippen molar-refractivity contribution in [2.75, 3.05) is 39.4 Å². The average Bonchev–Trinajstić information content (AvgIpc) is 2.26. The van der Waals surface area contributed by atoms with Gasteiger partial charge in [-0.2, -0.15) is 0 Å². The van der Waals surface area contributed by atoms with E-state index in [0.29, 0.717) is 32.6 Å². The quantitative estimate of drug-likeness (QED) is 0.544. The standard InChI is InChI=1S/C8H15N3O3/c9-7-8(13)11(1-4-12)10-2-5-14-6-3-10/h4H,1-3,5-7,9H2. The molecule has 1 fully saturated rings. The van der Waals surface area contributed by atoms with Crippen molar-refractivity contribution in [2.45, 2.75) is 0 Å². The second-order valence-corrected chi connectivity index (χ2v) is 2.91. The highest BCUT2D eigenvalue weighted by Crippen LogP contribution is 2.02. The number of amides is 1. The summed E-state index contributed by atoms with van der Waals surface area (Å²) in [5, 5.41) is 3.18. The van der Waals surface area contributed by atoms with Gasteiger partial charge in [-0.1, -0.05) is 0 Å². The Kier molecular flexibility index (Phi) is 4.51. The zero-order chi connectivity index (χ0) is 10.4. The molecule has 1 aliphatic heterocycles. The lowest BCUT2D eigenvalue weighted by atomic mass is 10.4. The summed E-state index contributed by atoms with van der Waals surface area (Å²) in [7, 11) is 0. The molecular weight excluding hydrogens is 186 g/mol. The van der Waals surface area contributed by atoms with Crippen molar-refractivity contribution in [1.29, 1.82) is 0 Å². The summed E-state index contributed by atoms with van der Waals surface area (Å²) >= 11 is 0. The number of hydrazine groups is 1. The highest BCUT2D eigenvalue weighted by atomic mass is 16.5. The third-order valence-electron chi connectivity index (χ3n) is 2.04. The van der Waals surface area contributed by atoms with Crippen LogP contribution >= 0.6 is 0 Å². The van der Waals surface area contributed by atoms with Gasteiger partial charge in [-0.3, -0.25) is 9.80 Å². The number of carbonyl (C=O) groups is 2. The molecule has 0 atom stereocenters. The van der Waals surface area contributed by atoms with Crippen LogP contribution in [0.5, 0.6) is 0 Å². The Balaban J connectivity index is 2.55. The normalized spacial score (nSPS) is 17.8. The van der Waals surface area contributed by atoms with E-state index in [2.05, 4.69) is 0 Å². The van der Waals surface area contributed by atoms with Crippen molar-refractivity contribution in [3.63, 3.8) is 0 Å². The largest absolute Gasteiger partial charge is 0.379 e. The van der Waals surface area contributed by atoms with Crippen molar-refractivity contribution < 1.29 is 14.3 Å². The number of aldehydes is 1. The molecule has 0 aromatic carbocycles. The number of rotatable bonds is 4. The molecule has 2 N–H and O–H groups in total. The molecule has 0 radical (unpaired) electrons. The van der Waals surface area contributed by atoms with Crippen LogP contribution in [0.4, 0.5) is 0 Å². The Morgan fingerprint density at radius 2 is 2.14 bits per heavy atom. The van der Waals surface area contributed by atoms with Gasteiger partial charge < -0.3 is 15.3 Å². The van der Waals surface area contributed by atoms with Gasteiger partial charge in [0.15, 0.2) is 0 Å². The summed E-state index contributed by atoms with van der Waals surface area (Å²) in [6, 6.07) is 0. The van der Waals surface area contributed by atoms with E-state index in [1.807, 2.05) is 0 Å². The lowest BCUT2D eigenvalue weighted by Gasteiger charge is -2.35. The van der Waals surface area contributed by atoms with Gasteiger partial charge in [0.1, 0.15) is 6.29 Å². The highest BCUT2D eigenvalue weighted by molar-refractivity contribution is 5.79. The maximum Gasteiger partial charge on any atom is 0.250 e. The molecule has 0 saturated carbocycles. The molecule has 14 heavy (non-hydrogen) atoms. The van der Waals surface area contributed by atoms with Gasteiger partial charge >= 0.3 is 0 Å². The minimum atomic E-state index is -0.237. The van der Waals surface area contributed by atoms with Gasteiger partial charge in [0.25, 0.3) is 5.91 Å². The average molecular weight is 201 g/mol. The first-order valence-electron chi connectivity index (χ1n) is 4.56. The fourth-order valence-corrected chi connectivity index (χ4v) is 1.35. The van der Waals surface area contributed by atoms with Crippen LogP contribution in [0.25, 0.3) is 0 Å². The van der Waals surface area contributed by atoms with Crippen LogP contribution in [0.2, 0.25) is 0 Å². The summed E-state index contributed by atoms with van der Waals surface area (Å²) in [5.74, 6) is -0.237. The van der Waals surface area contributed by atoms with E-state index in [0.717, 1.165) is 0 Å². The molecule has 0 unspecified atom stereocenters. The molecule has 1 aliphatic rings. The number of nitrogens with two attached hydrogens (primary N) is 1. The fraction of sp³-hybridized carbons (Fsp3) is 0.750. The number of morpholine rings is 1. The van der Waals surface area contributed by atoms with E-state index in [9.17, 15) is 9.59 Å². The number of nitrogens with zero attached hydrogens (tertiary/aromatic N) is 2. The number of ether oxygens (including phenoxy) is 1. The van der Waals surface area contributed by atoms with Crippen LogP contribution in [-0.4, -0.2) is 61.6 Å². The summed E-state index contributed by atoms with van der Waals surface area (Å²) in [5.41, 5.74) is 5.24. The number of carbonyl (C=O) groups excluding carboxylic acids is 2. The van der Waals surface area contributed by atoms with Crippen LogP contribution in [0, 0.1) is 0 Å². The van der Waals surface area contributed by atoms with Crippen LogP contribution in [0.15, 0.2) is 0 Å². The van der Waals surface area contributed by atoms with Crippen LogP contribution < -0.4 is 5.73 Å². The van der Waals surface area contributed by atoms with Crippen LogP contribution in [-0.2, 0) is 14.3 Å². The molecule has 1 saturated heterocycles. The third kappa shape index (κ3) is 2.76. The SMILES string of the molecule is NCC(=O)N(CC=O)N1CCOCC1. The van der Waals surface area contributed by atoms with Crippen molar-refractivity contribution in [2.24, 2.45) is 5.73 Å². The molecule has 0 aliphatic carbocycles. The second-order valence-electron chi connectivity index (χ2n) is 2.91. The summed E-state index contributed by atoms with van der Waals surface area (Å²) in [4.78, 5) is 21.7. The molecule has 0 aromatic rings. The Hall–Kier alpha value is -0.980. The molecule has 80 valence electrons. The molecule has 6 nitrogen and oxygen atoms in total. The predicted molar refractivity (Wildman–Crippen MR) is 49.2 cm³/mol. The van der Waals surface area contributed by atoms with Gasteiger partial charge in [0, 0.05) is 13.1 Å². The molecule has 0 aromatic heterocycles. The van der Waals surface area contributed by atoms with Gasteiger partial charge in [-0.25, -0.2) is 5.01 Å². The first kappa shape index (κ1) is 11.1. The van der Waals surface area contributed by atoms with Gasteiger partial charge in [-0.15, -0.1) is 0 Å². The maximum absolute atomic E-state index is 11.4. The molecule has 1 heterocycles. The van der Waals surface area contributed by atoms with Crippen molar-refractivity contribution in [1.82, 2.24) is 10.0 Å². The van der Waals surface area contributed by atoms with Gasteiger partial charge in [0.05, 0.1) is 26.3 Å². The second kappa shape index (κ2) is 5.69. The molecule has 0 spiro atoms. The molecule has 1 rings (SSSR count). The van der Waals surface area contributed by atoms with E-state index >= 15 is 0 Å². The van der Waals surface area contributed by atoms with Crippen LogP contribution in [0.3, 0.4) is 0 Å². The molecule has 6 heteroatoms. The molecular formula is C8H15N3O3. The zero-order valence-electron chi connectivity index (χ0n) is 8.02. The van der Waals surface area contributed by atoms with E-state index in [-0.39, 0.29) is 19.0 Å². The van der Waals surface area contributed by atoms with E-state index < -0.39 is 0 Å². The summed E-state index contributed by atoms with van der Waals surface area (Å²) in [6.07, 6.45) is 0.697. The molecule has 1 amide bonds. The van der Waals surface area contributed by atoms with Crippen molar-refractivity contribution in [3.8, 4) is 0 Å². The van der Waals surface area contributed by atoms with Gasteiger partial charge in [-0.05, 0) is 0 Å². The fourth-order valence-electron chi connectivity index (χ4n) is 1.35. The summed E-state index contributed by atoms with van der Waals surface area (Å²) < 4.78 is 5.14. The van der Waals surface area contributed by atoms with Crippen molar-refractivity contribution in [3.05, 3.63) is 0 Å². The lowest BCUT2D eigenvalue weighted by molar-refractivity contribution is -0.156. The van der Waals surface area contributed by atoms with E-state index in [1.54, 1.807) is 5.01 Å². The minimum absolute atomic E-state index is 0.0655. The first-order chi connectivity index (χ1) is 6.79. The molecule has 0 bridgehead atoms. The lowest BCUT2D eigenvalue weighted by Crippen LogP contribution is -2.53. The number of hydrogen-bond acceptors (Lipinski definition) is 5. The first-order valence-corrected chi connectivity index (χ1v) is 4.56. The Bertz CT molecular complexity index is 204. The van der Waals surface area contributed by atoms with E-state index in [1.165, 1.54) is 5.01 Å². The Morgan fingerprint density at radius 3 is 2.64 bits per heavy atom. The smallest absolute Gasteiger partial charge is 0.250 e. The Labute approximate surface area is 82.6 Å². The topological polar surface area (TPSA) is 75.9 Å². The minimum Gasteiger partial charge on any atom is -0.379 e. The number of hydrogen-bond donors (Lipinski definition) is 1. The van der Waals surface area contributed by atoms with E-state index in [4.69, 9.17) is 10.5 Å². The van der Waals surface area contributed by atoms with Crippen LogP contribution in [0.1, 0.15) is 0 Å². The summed E-state index contributed by atoms with van der Waals surface area (Å²) in [6.45, 7) is 2.39. The monoisotopic (exact) mass is 201 g/mol. The third-order valence-corrected chi connectivity index (χ3v) is 2.04. The predicted octanol–water partition coefficient (Wildman–Crippen LogP) is -1.78. The Morgan fingerprint density at radius 1 is 1.50 bits per heavy atom. The van der Waals surface area contributed by atoms with Crippen molar-refractivity contribution >= 4 is 12.2 Å². The van der Waals surface area contributed by atoms with Gasteiger partial charge in [0.2, 0.25) is 0 Å². The zero-order valence-corrected chi connectivity index (χ0v) is 8.02.